The van der Waals surface area contributed by atoms with Gasteiger partial charge in [-0.3, -0.25) is 9.59 Å². The number of amides is 2. The Balaban J connectivity index is 1.21. The molecule has 1 atom stereocenters. The molecule has 9 heteroatoms. The summed E-state index contributed by atoms with van der Waals surface area (Å²) in [6, 6.07) is 0.108. The number of imidazole rings is 1. The minimum atomic E-state index is -2.61. The van der Waals surface area contributed by atoms with Crippen LogP contribution in [0.2, 0.25) is 0 Å². The van der Waals surface area contributed by atoms with Gasteiger partial charge in [0, 0.05) is 42.8 Å². The van der Waals surface area contributed by atoms with Gasteiger partial charge in [0.1, 0.15) is 5.69 Å². The van der Waals surface area contributed by atoms with E-state index in [2.05, 4.69) is 14.7 Å². The van der Waals surface area contributed by atoms with E-state index in [0.29, 0.717) is 31.0 Å². The molecule has 1 unspecified atom stereocenters. The lowest BCUT2D eigenvalue weighted by molar-refractivity contribution is -0.135. The van der Waals surface area contributed by atoms with E-state index in [-0.39, 0.29) is 28.7 Å². The Kier molecular flexibility index (Phi) is 5.24. The fourth-order valence-corrected chi connectivity index (χ4v) is 8.24. The highest BCUT2D eigenvalue weighted by molar-refractivity contribution is 7.93. The fraction of sp³-hybridized carbons (Fsp3) is 0.773. The van der Waals surface area contributed by atoms with Crippen LogP contribution in [0.15, 0.2) is 16.9 Å². The van der Waals surface area contributed by atoms with Crippen molar-refractivity contribution in [1.29, 1.82) is 0 Å². The molecule has 1 aromatic rings. The monoisotopic (exact) mass is 448 g/mol. The number of aryl methyl sites for hydroxylation is 1. The predicted octanol–water partition coefficient (Wildman–Crippen LogP) is 2.44. The van der Waals surface area contributed by atoms with E-state index in [1.165, 1.54) is 19.2 Å². The van der Waals surface area contributed by atoms with Crippen molar-refractivity contribution < 1.29 is 18.5 Å². The minimum Gasteiger partial charge on any atom is -0.375 e. The van der Waals surface area contributed by atoms with Gasteiger partial charge in [0.25, 0.3) is 0 Å². The Morgan fingerprint density at radius 1 is 1.19 bits per heavy atom. The second kappa shape index (κ2) is 7.69. The maximum Gasteiger partial charge on any atom is 0.305 e. The van der Waals surface area contributed by atoms with Crippen molar-refractivity contribution in [1.82, 2.24) is 14.9 Å². The summed E-state index contributed by atoms with van der Waals surface area (Å²) in [6.07, 6.45) is 11.4. The van der Waals surface area contributed by atoms with E-state index < -0.39 is 15.6 Å². The number of ether oxygens (including phenoxy) is 1. The molecule has 2 saturated carbocycles. The number of rotatable bonds is 3. The molecule has 1 N–H and O–H groups in total. The molecule has 2 bridgehead atoms. The first-order valence-corrected chi connectivity index (χ1v) is 13.3. The molecule has 2 aliphatic heterocycles. The second-order valence-electron chi connectivity index (χ2n) is 10.1. The zero-order valence-corrected chi connectivity index (χ0v) is 19.0. The first-order chi connectivity index (χ1) is 14.8. The van der Waals surface area contributed by atoms with E-state index >= 15 is 0 Å². The summed E-state index contributed by atoms with van der Waals surface area (Å²) in [6.45, 7) is 0.603. The number of fused-ring (bicyclic) bond motifs is 2. The summed E-state index contributed by atoms with van der Waals surface area (Å²) in [5.74, 6) is 1.17. The lowest BCUT2D eigenvalue weighted by Gasteiger charge is -2.44. The minimum absolute atomic E-state index is 0.108. The van der Waals surface area contributed by atoms with Crippen molar-refractivity contribution >= 4 is 21.5 Å². The van der Waals surface area contributed by atoms with Gasteiger partial charge in [-0.25, -0.2) is 9.19 Å². The number of carbonyl (C=O) groups is 2. The second-order valence-corrected chi connectivity index (χ2v) is 12.7. The Morgan fingerprint density at radius 3 is 2.55 bits per heavy atom. The third kappa shape index (κ3) is 4.06. The molecule has 0 aromatic carbocycles. The van der Waals surface area contributed by atoms with Gasteiger partial charge in [-0.2, -0.15) is 4.36 Å². The molecule has 8 nitrogen and oxygen atoms in total. The maximum absolute atomic E-state index is 13.2. The van der Waals surface area contributed by atoms with Gasteiger partial charge >= 0.3 is 5.91 Å². The molecule has 4 aliphatic rings. The van der Waals surface area contributed by atoms with E-state index in [0.717, 1.165) is 38.0 Å². The molecule has 1 spiro atoms. The molecule has 31 heavy (non-hydrogen) atoms. The third-order valence-corrected chi connectivity index (χ3v) is 10.2. The Morgan fingerprint density at radius 2 is 1.94 bits per heavy atom. The Hall–Kier alpha value is -1.74. The standard InChI is InChI=1S/C22H32N4O4S/c1-26-14-18(23-15-26)19(27)25-31(29)10-7-22(8-11-31)13-17(4-9-30-22)24-20(28)21-5-2-16(12-21)3-6-21/h14-17H,2-13H2,1H3,(H,24,28). The summed E-state index contributed by atoms with van der Waals surface area (Å²) >= 11 is 0. The van der Waals surface area contributed by atoms with E-state index in [1.807, 2.05) is 0 Å². The van der Waals surface area contributed by atoms with Crippen molar-refractivity contribution in [3.8, 4) is 0 Å². The molecule has 0 radical (unpaired) electrons. The highest BCUT2D eigenvalue weighted by atomic mass is 32.2. The molecule has 1 aromatic heterocycles. The van der Waals surface area contributed by atoms with Crippen LogP contribution < -0.4 is 5.32 Å². The summed E-state index contributed by atoms with van der Waals surface area (Å²) in [7, 11) is -0.828. The molecular weight excluding hydrogens is 416 g/mol. The van der Waals surface area contributed by atoms with Gasteiger partial charge in [0.15, 0.2) is 0 Å². The van der Waals surface area contributed by atoms with Crippen LogP contribution in [-0.4, -0.2) is 55.3 Å². The normalized spacial score (nSPS) is 39.5. The quantitative estimate of drug-likeness (QED) is 0.765. The third-order valence-electron chi connectivity index (χ3n) is 7.98. The number of nitrogens with one attached hydrogen (secondary N) is 1. The molecule has 5 rings (SSSR count). The van der Waals surface area contributed by atoms with Crippen LogP contribution in [0, 0.1) is 11.3 Å². The van der Waals surface area contributed by atoms with Crippen LogP contribution in [0.4, 0.5) is 0 Å². The number of hydrogen-bond acceptors (Lipinski definition) is 5. The molecule has 2 amide bonds. The lowest BCUT2D eigenvalue weighted by Crippen LogP contribution is -2.53. The largest absolute Gasteiger partial charge is 0.375 e. The SMILES string of the molecule is Cn1cnc(C(=O)N=S2(=O)CCC3(CC2)CC(NC(=O)C24CCC(CC2)C4)CCO3)c1. The van der Waals surface area contributed by atoms with E-state index in [1.54, 1.807) is 17.8 Å². The van der Waals surface area contributed by atoms with Gasteiger partial charge < -0.3 is 14.6 Å². The van der Waals surface area contributed by atoms with Crippen LogP contribution >= 0.6 is 0 Å². The predicted molar refractivity (Wildman–Crippen MR) is 116 cm³/mol. The molecule has 4 fully saturated rings. The molecule has 2 aliphatic carbocycles. The highest BCUT2D eigenvalue weighted by Gasteiger charge is 2.51. The van der Waals surface area contributed by atoms with E-state index in [4.69, 9.17) is 4.74 Å². The highest BCUT2D eigenvalue weighted by Crippen LogP contribution is 2.54. The van der Waals surface area contributed by atoms with Gasteiger partial charge in [0.05, 0.1) is 21.7 Å². The Bertz CT molecular complexity index is 987. The van der Waals surface area contributed by atoms with Crippen LogP contribution in [0.25, 0.3) is 0 Å². The summed E-state index contributed by atoms with van der Waals surface area (Å²) < 4.78 is 25.1. The van der Waals surface area contributed by atoms with Crippen molar-refractivity contribution in [3.05, 3.63) is 18.2 Å². The van der Waals surface area contributed by atoms with Gasteiger partial charge in [-0.1, -0.05) is 0 Å². The summed E-state index contributed by atoms with van der Waals surface area (Å²) in [4.78, 5) is 29.4. The van der Waals surface area contributed by atoms with Gasteiger partial charge in [0.2, 0.25) is 5.91 Å². The molecule has 2 saturated heterocycles. The number of carbonyl (C=O) groups excluding carboxylic acids is 2. The number of aromatic nitrogens is 2. The van der Waals surface area contributed by atoms with Gasteiger partial charge in [-0.15, -0.1) is 0 Å². The zero-order chi connectivity index (χ0) is 21.7. The lowest BCUT2D eigenvalue weighted by atomic mass is 9.81. The van der Waals surface area contributed by atoms with Crippen LogP contribution in [0.3, 0.4) is 0 Å². The van der Waals surface area contributed by atoms with Crippen LogP contribution in [-0.2, 0) is 26.3 Å². The number of nitrogens with zero attached hydrogens (tertiary/aromatic N) is 3. The maximum atomic E-state index is 13.2. The zero-order valence-electron chi connectivity index (χ0n) is 18.2. The van der Waals surface area contributed by atoms with Crippen molar-refractivity contribution in [2.75, 3.05) is 18.1 Å². The summed E-state index contributed by atoms with van der Waals surface area (Å²) in [5, 5.41) is 3.35. The van der Waals surface area contributed by atoms with E-state index in [9.17, 15) is 13.8 Å². The molecule has 170 valence electrons. The van der Waals surface area contributed by atoms with Crippen molar-refractivity contribution in [3.63, 3.8) is 0 Å². The van der Waals surface area contributed by atoms with Crippen molar-refractivity contribution in [2.45, 2.75) is 69.4 Å². The first-order valence-electron chi connectivity index (χ1n) is 11.5. The smallest absolute Gasteiger partial charge is 0.305 e. The average Bonchev–Trinajstić information content (AvgIpc) is 3.48. The number of hydrogen-bond donors (Lipinski definition) is 1. The first kappa shape index (κ1) is 21.1. The van der Waals surface area contributed by atoms with Gasteiger partial charge in [-0.05, 0) is 63.7 Å². The fourth-order valence-electron chi connectivity index (χ4n) is 6.08. The molecule has 3 heterocycles. The van der Waals surface area contributed by atoms with Crippen LogP contribution in [0.1, 0.15) is 68.3 Å². The topological polar surface area (TPSA) is 103 Å². The van der Waals surface area contributed by atoms with Crippen molar-refractivity contribution in [2.24, 2.45) is 22.7 Å². The molecular formula is C22H32N4O4S. The Labute approximate surface area is 183 Å². The van der Waals surface area contributed by atoms with Crippen LogP contribution in [0.5, 0.6) is 0 Å². The summed E-state index contributed by atoms with van der Waals surface area (Å²) in [5.41, 5.74) is -0.267. The average molecular weight is 449 g/mol.